The number of aromatic nitrogens is 3. The van der Waals surface area contributed by atoms with Gasteiger partial charge >= 0.3 is 12.0 Å². The number of urea groups is 1. The second-order valence-electron chi connectivity index (χ2n) is 4.50. The van der Waals surface area contributed by atoms with Gasteiger partial charge in [-0.25, -0.2) is 9.48 Å². The van der Waals surface area contributed by atoms with Crippen LogP contribution in [-0.2, 0) is 22.6 Å². The van der Waals surface area contributed by atoms with Gasteiger partial charge in [0.15, 0.2) is 0 Å². The van der Waals surface area contributed by atoms with Crippen molar-refractivity contribution in [2.24, 2.45) is 0 Å². The molecule has 0 spiro atoms. The molecule has 9 nitrogen and oxygen atoms in total. The third-order valence-electron chi connectivity index (χ3n) is 2.83. The van der Waals surface area contributed by atoms with Crippen LogP contribution in [0.15, 0.2) is 6.20 Å². The smallest absolute Gasteiger partial charge is 0.325 e. The van der Waals surface area contributed by atoms with E-state index in [1.165, 1.54) is 10.9 Å². The number of carboxylic acids is 1. The predicted molar refractivity (Wildman–Crippen MR) is 66.9 cm³/mol. The van der Waals surface area contributed by atoms with Crippen LogP contribution < -0.4 is 10.6 Å². The molecule has 1 aromatic heterocycles. The van der Waals surface area contributed by atoms with E-state index in [2.05, 4.69) is 20.9 Å². The molecule has 1 unspecified atom stereocenters. The molecule has 0 aromatic carbocycles. The average Bonchev–Trinajstić information content (AvgIpc) is 3.04. The van der Waals surface area contributed by atoms with Crippen molar-refractivity contribution in [3.8, 4) is 0 Å². The Balaban J connectivity index is 1.67. The normalized spacial score (nSPS) is 17.9. The van der Waals surface area contributed by atoms with E-state index in [1.54, 1.807) is 0 Å². The van der Waals surface area contributed by atoms with E-state index in [1.807, 2.05) is 0 Å². The fourth-order valence-electron chi connectivity index (χ4n) is 1.88. The van der Waals surface area contributed by atoms with E-state index < -0.39 is 5.97 Å². The van der Waals surface area contributed by atoms with E-state index in [9.17, 15) is 9.59 Å². The summed E-state index contributed by atoms with van der Waals surface area (Å²) in [6.45, 7) is 1.17. The van der Waals surface area contributed by atoms with E-state index in [0.29, 0.717) is 12.2 Å². The van der Waals surface area contributed by atoms with E-state index >= 15 is 0 Å². The maximum Gasteiger partial charge on any atom is 0.325 e. The minimum absolute atomic E-state index is 0.0946. The van der Waals surface area contributed by atoms with Gasteiger partial charge in [-0.05, 0) is 12.8 Å². The molecule has 110 valence electrons. The second-order valence-corrected chi connectivity index (χ2v) is 4.50. The highest BCUT2D eigenvalue weighted by Gasteiger charge is 2.16. The lowest BCUT2D eigenvalue weighted by Crippen LogP contribution is -2.39. The molecule has 1 aliphatic rings. The molecule has 20 heavy (non-hydrogen) atoms. The maximum atomic E-state index is 11.5. The molecule has 2 rings (SSSR count). The minimum Gasteiger partial charge on any atom is -0.480 e. The lowest BCUT2D eigenvalue weighted by Gasteiger charge is -2.10. The number of rotatable bonds is 6. The van der Waals surface area contributed by atoms with Crippen molar-refractivity contribution in [3.05, 3.63) is 11.9 Å². The van der Waals surface area contributed by atoms with Gasteiger partial charge in [0.2, 0.25) is 0 Å². The Morgan fingerprint density at radius 3 is 3.05 bits per heavy atom. The summed E-state index contributed by atoms with van der Waals surface area (Å²) < 4.78 is 6.58. The lowest BCUT2D eigenvalue weighted by atomic mass is 10.2. The van der Waals surface area contributed by atoms with Gasteiger partial charge in [0.25, 0.3) is 0 Å². The van der Waals surface area contributed by atoms with Gasteiger partial charge in [-0.15, -0.1) is 5.10 Å². The highest BCUT2D eigenvalue weighted by molar-refractivity contribution is 5.73. The molecule has 0 bridgehead atoms. The summed E-state index contributed by atoms with van der Waals surface area (Å²) in [5.74, 6) is -0.997. The van der Waals surface area contributed by atoms with Gasteiger partial charge in [-0.3, -0.25) is 4.79 Å². The number of ether oxygens (including phenoxy) is 1. The third-order valence-corrected chi connectivity index (χ3v) is 2.83. The van der Waals surface area contributed by atoms with Crippen LogP contribution in [0, 0.1) is 0 Å². The average molecular weight is 283 g/mol. The summed E-state index contributed by atoms with van der Waals surface area (Å²) in [6.07, 6.45) is 3.57. The largest absolute Gasteiger partial charge is 0.480 e. The van der Waals surface area contributed by atoms with Gasteiger partial charge in [-0.1, -0.05) is 5.21 Å². The Hall–Kier alpha value is -2.16. The van der Waals surface area contributed by atoms with Crippen molar-refractivity contribution in [2.75, 3.05) is 13.2 Å². The molecule has 0 radical (unpaired) electrons. The zero-order valence-corrected chi connectivity index (χ0v) is 10.9. The molecule has 1 atom stereocenters. The summed E-state index contributed by atoms with van der Waals surface area (Å²) in [5, 5.41) is 21.3. The minimum atomic E-state index is -0.997. The first-order chi connectivity index (χ1) is 9.63. The summed E-state index contributed by atoms with van der Waals surface area (Å²) >= 11 is 0. The number of amides is 2. The standard InChI is InChI=1S/C11H17N5O4/c17-10(18)7-16-6-8(14-15-16)4-12-11(19)13-5-9-2-1-3-20-9/h6,9H,1-5,7H2,(H,17,18)(H2,12,13,19). The zero-order valence-electron chi connectivity index (χ0n) is 10.9. The molecule has 2 heterocycles. The van der Waals surface area contributed by atoms with E-state index in [0.717, 1.165) is 19.4 Å². The van der Waals surface area contributed by atoms with Crippen molar-refractivity contribution in [1.82, 2.24) is 25.6 Å². The SMILES string of the molecule is O=C(O)Cn1cc(CNC(=O)NCC2CCCO2)nn1. The third kappa shape index (κ3) is 4.50. The van der Waals surface area contributed by atoms with Crippen LogP contribution in [0.3, 0.4) is 0 Å². The number of nitrogens with one attached hydrogen (secondary N) is 2. The molecular formula is C11H17N5O4. The molecule has 2 amide bonds. The quantitative estimate of drug-likeness (QED) is 0.638. The van der Waals surface area contributed by atoms with E-state index in [4.69, 9.17) is 9.84 Å². The Morgan fingerprint density at radius 2 is 2.35 bits per heavy atom. The number of carboxylic acid groups (broad SMARTS) is 1. The summed E-state index contributed by atoms with van der Waals surface area (Å²) in [7, 11) is 0. The van der Waals surface area contributed by atoms with Crippen molar-refractivity contribution < 1.29 is 19.4 Å². The number of aliphatic carboxylic acids is 1. The van der Waals surface area contributed by atoms with Crippen LogP contribution in [0.25, 0.3) is 0 Å². The molecule has 3 N–H and O–H groups in total. The summed E-state index contributed by atoms with van der Waals surface area (Å²) in [6, 6.07) is -0.312. The van der Waals surface area contributed by atoms with Crippen LogP contribution in [0.4, 0.5) is 4.79 Å². The molecule has 9 heteroatoms. The van der Waals surface area contributed by atoms with Gasteiger partial charge in [0.05, 0.1) is 18.8 Å². The molecule has 0 aliphatic carbocycles. The van der Waals surface area contributed by atoms with Crippen LogP contribution >= 0.6 is 0 Å². The van der Waals surface area contributed by atoms with Crippen molar-refractivity contribution >= 4 is 12.0 Å². The first kappa shape index (κ1) is 14.3. The summed E-state index contributed by atoms with van der Waals surface area (Å²) in [4.78, 5) is 22.0. The lowest BCUT2D eigenvalue weighted by molar-refractivity contribution is -0.137. The van der Waals surface area contributed by atoms with Crippen LogP contribution in [0.2, 0.25) is 0 Å². The monoisotopic (exact) mass is 283 g/mol. The number of carbonyl (C=O) groups is 2. The highest BCUT2D eigenvalue weighted by atomic mass is 16.5. The van der Waals surface area contributed by atoms with Gasteiger partial charge < -0.3 is 20.5 Å². The Kier molecular flexibility index (Phi) is 4.88. The first-order valence-corrected chi connectivity index (χ1v) is 6.37. The predicted octanol–water partition coefficient (Wildman–Crippen LogP) is -0.659. The summed E-state index contributed by atoms with van der Waals surface area (Å²) in [5.41, 5.74) is 0.499. The van der Waals surface area contributed by atoms with Crippen molar-refractivity contribution in [1.29, 1.82) is 0 Å². The maximum absolute atomic E-state index is 11.5. The Labute approximate surface area is 115 Å². The molecule has 1 saturated heterocycles. The zero-order chi connectivity index (χ0) is 14.4. The number of hydrogen-bond acceptors (Lipinski definition) is 5. The van der Waals surface area contributed by atoms with Crippen molar-refractivity contribution in [3.63, 3.8) is 0 Å². The molecule has 0 saturated carbocycles. The van der Waals surface area contributed by atoms with Gasteiger partial charge in [-0.2, -0.15) is 0 Å². The van der Waals surface area contributed by atoms with E-state index in [-0.39, 0.29) is 25.2 Å². The number of nitrogens with zero attached hydrogens (tertiary/aromatic N) is 3. The van der Waals surface area contributed by atoms with Gasteiger partial charge in [0, 0.05) is 13.2 Å². The molecule has 1 fully saturated rings. The topological polar surface area (TPSA) is 118 Å². The Bertz CT molecular complexity index is 469. The highest BCUT2D eigenvalue weighted by Crippen LogP contribution is 2.10. The van der Waals surface area contributed by atoms with Crippen LogP contribution in [0.5, 0.6) is 0 Å². The first-order valence-electron chi connectivity index (χ1n) is 6.37. The fourth-order valence-corrected chi connectivity index (χ4v) is 1.88. The van der Waals surface area contributed by atoms with Crippen molar-refractivity contribution in [2.45, 2.75) is 32.0 Å². The molecular weight excluding hydrogens is 266 g/mol. The fraction of sp³-hybridized carbons (Fsp3) is 0.636. The molecule has 1 aliphatic heterocycles. The van der Waals surface area contributed by atoms with Crippen LogP contribution in [0.1, 0.15) is 18.5 Å². The Morgan fingerprint density at radius 1 is 1.50 bits per heavy atom. The number of carbonyl (C=O) groups excluding carboxylic acids is 1. The second kappa shape index (κ2) is 6.85. The van der Waals surface area contributed by atoms with Gasteiger partial charge in [0.1, 0.15) is 12.2 Å². The molecule has 1 aromatic rings. The number of hydrogen-bond donors (Lipinski definition) is 3. The van der Waals surface area contributed by atoms with Crippen LogP contribution in [-0.4, -0.2) is 51.4 Å².